The van der Waals surface area contributed by atoms with Crippen LogP contribution in [0.4, 0.5) is 10.8 Å². The summed E-state index contributed by atoms with van der Waals surface area (Å²) in [5, 5.41) is 18.6. The van der Waals surface area contributed by atoms with E-state index in [2.05, 4.69) is 15.3 Å². The van der Waals surface area contributed by atoms with Gasteiger partial charge in [-0.15, -0.1) is 0 Å². The minimum atomic E-state index is -3.73. The van der Waals surface area contributed by atoms with Gasteiger partial charge >= 0.3 is 0 Å². The molecule has 4 N–H and O–H groups in total. The summed E-state index contributed by atoms with van der Waals surface area (Å²) in [6, 6.07) is 9.40. The number of nitrogens with two attached hydrogens (primary N) is 1. The van der Waals surface area contributed by atoms with Crippen LogP contribution in [0, 0.1) is 0 Å². The first-order valence-corrected chi connectivity index (χ1v) is 9.73. The molecule has 2 aromatic heterocycles. The molecule has 0 unspecified atom stereocenters. The zero-order valence-electron chi connectivity index (χ0n) is 12.7. The second-order valence-electron chi connectivity index (χ2n) is 5.01. The van der Waals surface area contributed by atoms with Gasteiger partial charge in [-0.25, -0.2) is 23.5 Å². The van der Waals surface area contributed by atoms with Gasteiger partial charge in [0.15, 0.2) is 5.13 Å². The number of aromatic nitrogens is 2. The van der Waals surface area contributed by atoms with E-state index in [0.29, 0.717) is 26.5 Å². The molecule has 7 nitrogen and oxygen atoms in total. The third-order valence-electron chi connectivity index (χ3n) is 3.28. The lowest BCUT2D eigenvalue weighted by atomic mass is 10.2. The molecule has 0 aliphatic heterocycles. The van der Waals surface area contributed by atoms with Crippen LogP contribution in [0.3, 0.4) is 0 Å². The average Bonchev–Trinajstić information content (AvgIpc) is 2.97. The molecule has 25 heavy (non-hydrogen) atoms. The van der Waals surface area contributed by atoms with E-state index >= 15 is 0 Å². The highest BCUT2D eigenvalue weighted by atomic mass is 35.5. The van der Waals surface area contributed by atoms with Crippen LogP contribution in [0.15, 0.2) is 47.5 Å². The van der Waals surface area contributed by atoms with Crippen LogP contribution >= 0.6 is 22.9 Å². The zero-order valence-corrected chi connectivity index (χ0v) is 15.1. The number of anilines is 2. The minimum absolute atomic E-state index is 0.0281. The predicted octanol–water partition coefficient (Wildman–Crippen LogP) is 2.74. The Morgan fingerprint density at radius 2 is 1.96 bits per heavy atom. The van der Waals surface area contributed by atoms with E-state index in [1.807, 2.05) is 0 Å². The smallest absolute Gasteiger partial charge is 0.238 e. The van der Waals surface area contributed by atoms with Crippen molar-refractivity contribution in [3.63, 3.8) is 0 Å². The maximum absolute atomic E-state index is 11.3. The van der Waals surface area contributed by atoms with Crippen molar-refractivity contribution in [1.82, 2.24) is 9.97 Å². The molecule has 0 bridgehead atoms. The van der Waals surface area contributed by atoms with Crippen LogP contribution < -0.4 is 10.5 Å². The van der Waals surface area contributed by atoms with Crippen LogP contribution in [0.1, 0.15) is 4.88 Å². The molecule has 0 saturated heterocycles. The van der Waals surface area contributed by atoms with Crippen molar-refractivity contribution in [3.05, 3.63) is 52.6 Å². The van der Waals surface area contributed by atoms with Gasteiger partial charge in [0.25, 0.3) is 0 Å². The zero-order chi connectivity index (χ0) is 18.0. The summed E-state index contributed by atoms with van der Waals surface area (Å²) in [6.07, 6.45) is 1.57. The van der Waals surface area contributed by atoms with E-state index in [1.165, 1.54) is 23.5 Å². The number of aliphatic hydroxyl groups is 1. The normalized spacial score (nSPS) is 11.5. The quantitative estimate of drug-likeness (QED) is 0.570. The van der Waals surface area contributed by atoms with Gasteiger partial charge in [0.2, 0.25) is 10.0 Å². The SMILES string of the molecule is NS(=O)(=O)c1ccc(Nc2nc(-c3ccnc(Cl)c3)c(CO)s2)cc1. The third kappa shape index (κ3) is 4.14. The molecule has 0 amide bonds. The van der Waals surface area contributed by atoms with Crippen molar-refractivity contribution in [2.24, 2.45) is 5.14 Å². The fraction of sp³-hybridized carbons (Fsp3) is 0.0667. The maximum Gasteiger partial charge on any atom is 0.238 e. The summed E-state index contributed by atoms with van der Waals surface area (Å²) in [5.41, 5.74) is 2.00. The number of thiazole rings is 1. The lowest BCUT2D eigenvalue weighted by Gasteiger charge is -2.03. The van der Waals surface area contributed by atoms with Gasteiger partial charge in [0.1, 0.15) is 5.15 Å². The summed E-state index contributed by atoms with van der Waals surface area (Å²) >= 11 is 7.19. The van der Waals surface area contributed by atoms with E-state index in [0.717, 1.165) is 5.56 Å². The number of nitrogens with zero attached hydrogens (tertiary/aromatic N) is 2. The summed E-state index contributed by atoms with van der Waals surface area (Å²) in [6.45, 7) is -0.168. The highest BCUT2D eigenvalue weighted by molar-refractivity contribution is 7.89. The molecule has 3 rings (SSSR count). The van der Waals surface area contributed by atoms with Crippen LogP contribution in [0.5, 0.6) is 0 Å². The predicted molar refractivity (Wildman–Crippen MR) is 97.4 cm³/mol. The standard InChI is InChI=1S/C15H13ClN4O3S2/c16-13-7-9(5-6-18-13)14-12(8-21)24-15(20-14)19-10-1-3-11(4-2-10)25(17,22)23/h1-7,21H,8H2,(H,19,20)(H2,17,22,23). The molecule has 3 aromatic rings. The molecule has 0 fully saturated rings. The molecule has 0 atom stereocenters. The van der Waals surface area contributed by atoms with Gasteiger partial charge in [0.05, 0.1) is 22.1 Å². The Bertz CT molecular complexity index is 1000. The molecule has 130 valence electrons. The minimum Gasteiger partial charge on any atom is -0.391 e. The van der Waals surface area contributed by atoms with Crippen molar-refractivity contribution >= 4 is 43.8 Å². The Kier molecular flexibility index (Phi) is 5.02. The first-order valence-electron chi connectivity index (χ1n) is 6.99. The summed E-state index contributed by atoms with van der Waals surface area (Å²) in [5.74, 6) is 0. The van der Waals surface area contributed by atoms with Crippen molar-refractivity contribution in [1.29, 1.82) is 0 Å². The second-order valence-corrected chi connectivity index (χ2v) is 8.04. The number of hydrogen-bond acceptors (Lipinski definition) is 7. The topological polar surface area (TPSA) is 118 Å². The summed E-state index contributed by atoms with van der Waals surface area (Å²) in [4.78, 5) is 9.10. The highest BCUT2D eigenvalue weighted by Crippen LogP contribution is 2.33. The fourth-order valence-corrected chi connectivity index (χ4v) is 3.69. The number of halogens is 1. The number of aliphatic hydroxyl groups excluding tert-OH is 1. The number of nitrogens with one attached hydrogen (secondary N) is 1. The Morgan fingerprint density at radius 3 is 2.56 bits per heavy atom. The number of benzene rings is 1. The summed E-state index contributed by atoms with van der Waals surface area (Å²) < 4.78 is 22.6. The number of pyridine rings is 1. The average molecular weight is 397 g/mol. The van der Waals surface area contributed by atoms with Crippen molar-refractivity contribution in [2.45, 2.75) is 11.5 Å². The Hall–Kier alpha value is -2.04. The van der Waals surface area contributed by atoms with Crippen LogP contribution in [-0.4, -0.2) is 23.5 Å². The van der Waals surface area contributed by atoms with Crippen LogP contribution in [0.2, 0.25) is 5.15 Å². The van der Waals surface area contributed by atoms with E-state index in [9.17, 15) is 13.5 Å². The number of sulfonamides is 1. The Labute approximate surface area is 153 Å². The highest BCUT2D eigenvalue weighted by Gasteiger charge is 2.14. The van der Waals surface area contributed by atoms with E-state index in [4.69, 9.17) is 16.7 Å². The molecule has 0 saturated carbocycles. The van der Waals surface area contributed by atoms with Crippen molar-refractivity contribution in [3.8, 4) is 11.3 Å². The fourth-order valence-electron chi connectivity index (χ4n) is 2.14. The van der Waals surface area contributed by atoms with Crippen molar-refractivity contribution < 1.29 is 13.5 Å². The molecule has 0 spiro atoms. The molecule has 0 aliphatic rings. The third-order valence-corrected chi connectivity index (χ3v) is 5.37. The van der Waals surface area contributed by atoms with Crippen molar-refractivity contribution in [2.75, 3.05) is 5.32 Å². The number of rotatable bonds is 5. The molecular weight excluding hydrogens is 384 g/mol. The van der Waals surface area contributed by atoms with Crippen LogP contribution in [-0.2, 0) is 16.6 Å². The molecule has 10 heteroatoms. The largest absolute Gasteiger partial charge is 0.391 e. The monoisotopic (exact) mass is 396 g/mol. The van der Waals surface area contributed by atoms with Gasteiger partial charge in [-0.3, -0.25) is 0 Å². The second kappa shape index (κ2) is 7.06. The molecule has 2 heterocycles. The number of primary sulfonamides is 1. The van der Waals surface area contributed by atoms with Gasteiger partial charge < -0.3 is 10.4 Å². The lowest BCUT2D eigenvalue weighted by Crippen LogP contribution is -2.11. The molecular formula is C15H13ClN4O3S2. The maximum atomic E-state index is 11.3. The van der Waals surface area contributed by atoms with E-state index in [-0.39, 0.29) is 11.5 Å². The lowest BCUT2D eigenvalue weighted by molar-refractivity contribution is 0.286. The molecule has 0 radical (unpaired) electrons. The van der Waals surface area contributed by atoms with Gasteiger partial charge in [-0.05, 0) is 36.4 Å². The summed E-state index contributed by atoms with van der Waals surface area (Å²) in [7, 11) is -3.73. The van der Waals surface area contributed by atoms with Gasteiger partial charge in [0, 0.05) is 17.4 Å². The number of hydrogen-bond donors (Lipinski definition) is 3. The molecule has 0 aliphatic carbocycles. The first kappa shape index (κ1) is 17.8. The molecule has 1 aromatic carbocycles. The van der Waals surface area contributed by atoms with Crippen LogP contribution in [0.25, 0.3) is 11.3 Å². The van der Waals surface area contributed by atoms with E-state index < -0.39 is 10.0 Å². The van der Waals surface area contributed by atoms with Gasteiger partial charge in [-0.1, -0.05) is 22.9 Å². The van der Waals surface area contributed by atoms with E-state index in [1.54, 1.807) is 30.5 Å². The first-order chi connectivity index (χ1) is 11.9. The van der Waals surface area contributed by atoms with Gasteiger partial charge in [-0.2, -0.15) is 0 Å². The Morgan fingerprint density at radius 1 is 1.24 bits per heavy atom. The Balaban J connectivity index is 1.89.